The van der Waals surface area contributed by atoms with Crippen LogP contribution in [0.2, 0.25) is 0 Å². The van der Waals surface area contributed by atoms with E-state index in [9.17, 15) is 24.6 Å². The number of carbonyl (C=O) groups excluding carboxylic acids is 2. The van der Waals surface area contributed by atoms with Crippen molar-refractivity contribution in [1.29, 1.82) is 0 Å². The predicted octanol–water partition coefficient (Wildman–Crippen LogP) is -1.54. The number of amides is 1. The van der Waals surface area contributed by atoms with E-state index >= 15 is 0 Å². The molecule has 41 heavy (non-hydrogen) atoms. The summed E-state index contributed by atoms with van der Waals surface area (Å²) in [5.74, 6) is -1.74. The number of aryl methyl sites for hydroxylation is 1. The number of aromatic nitrogens is 2. The van der Waals surface area contributed by atoms with Crippen molar-refractivity contribution in [1.82, 2.24) is 14.5 Å². The molecule has 0 radical (unpaired) electrons. The molecule has 2 N–H and O–H groups in total. The smallest absolute Gasteiger partial charge is 0.509 e. The van der Waals surface area contributed by atoms with Crippen molar-refractivity contribution in [2.45, 2.75) is 52.1 Å². The first-order valence-corrected chi connectivity index (χ1v) is 13.3. The van der Waals surface area contributed by atoms with Gasteiger partial charge in [-0.25, -0.2) is 14.6 Å². The van der Waals surface area contributed by atoms with Crippen LogP contribution in [0.15, 0.2) is 59.9 Å². The molecule has 1 unspecified atom stereocenters. The van der Waals surface area contributed by atoms with Crippen LogP contribution >= 0.6 is 0 Å². The number of benzene rings is 2. The number of hydrogen-bond donors (Lipinski definition) is 2. The number of esters is 1. The summed E-state index contributed by atoms with van der Waals surface area (Å²) in [5, 5.41) is 20.7. The van der Waals surface area contributed by atoms with E-state index in [4.69, 9.17) is 9.72 Å². The molecule has 2 aliphatic heterocycles. The maximum absolute atomic E-state index is 13.1. The second kappa shape index (κ2) is 14.2. The maximum Gasteiger partial charge on any atom is 1.00 e. The number of rotatable bonds is 9. The SMILES string of the molecule is CCCCc1nc2c(n1Cc1ccc(-c3ccccc3C(=O)O)cc1)C1C(O)=C(C(=O)OCC)C(=O)N1CC2.[Na+].[Na+]. The number of ether oxygens (including phenoxy) is 1. The van der Waals surface area contributed by atoms with Crippen molar-refractivity contribution >= 4 is 17.8 Å². The minimum absolute atomic E-state index is 0. The quantitative estimate of drug-likeness (QED) is 0.180. The minimum atomic E-state index is -0.981. The topological polar surface area (TPSA) is 122 Å². The zero-order chi connectivity index (χ0) is 27.7. The monoisotopic (exact) mass is 575 g/mol. The minimum Gasteiger partial charge on any atom is -0.509 e. The fraction of sp³-hybridized carbons (Fsp3) is 0.333. The van der Waals surface area contributed by atoms with Gasteiger partial charge in [0.05, 0.1) is 23.6 Å². The van der Waals surface area contributed by atoms with Gasteiger partial charge in [-0.05, 0) is 36.1 Å². The first kappa shape index (κ1) is 33.1. The number of carboxylic acid groups (broad SMARTS) is 1. The third-order valence-electron chi connectivity index (χ3n) is 7.31. The number of fused-ring (bicyclic) bond motifs is 3. The van der Waals surface area contributed by atoms with Gasteiger partial charge < -0.3 is 24.4 Å². The fourth-order valence-corrected chi connectivity index (χ4v) is 5.44. The van der Waals surface area contributed by atoms with Crippen molar-refractivity contribution in [3.05, 3.63) is 88.2 Å². The van der Waals surface area contributed by atoms with Gasteiger partial charge in [-0.3, -0.25) is 4.79 Å². The molecule has 0 fully saturated rings. The largest absolute Gasteiger partial charge is 1.00 e. The molecule has 1 atom stereocenters. The summed E-state index contributed by atoms with van der Waals surface area (Å²) in [6.07, 6.45) is 3.19. The number of imidazole rings is 1. The summed E-state index contributed by atoms with van der Waals surface area (Å²) in [7, 11) is 0. The third kappa shape index (κ3) is 6.35. The number of nitrogens with zero attached hydrogens (tertiary/aromatic N) is 3. The zero-order valence-corrected chi connectivity index (χ0v) is 28.0. The number of carbonyl (C=O) groups is 3. The van der Waals surface area contributed by atoms with E-state index in [-0.39, 0.29) is 82.6 Å². The Kier molecular flexibility index (Phi) is 11.4. The first-order chi connectivity index (χ1) is 18.8. The first-order valence-electron chi connectivity index (χ1n) is 13.3. The molecule has 3 heterocycles. The second-order valence-electron chi connectivity index (χ2n) is 9.73. The average Bonchev–Trinajstić information content (AvgIpc) is 3.41. The molecule has 3 aromatic rings. The molecule has 0 spiro atoms. The van der Waals surface area contributed by atoms with Gasteiger partial charge >= 0.3 is 71.1 Å². The fourth-order valence-electron chi connectivity index (χ4n) is 5.44. The molecule has 0 saturated carbocycles. The van der Waals surface area contributed by atoms with Gasteiger partial charge in [-0.15, -0.1) is 0 Å². The van der Waals surface area contributed by atoms with Crippen LogP contribution in [0.5, 0.6) is 0 Å². The second-order valence-corrected chi connectivity index (χ2v) is 9.73. The van der Waals surface area contributed by atoms with Crippen LogP contribution in [-0.4, -0.2) is 55.7 Å². The standard InChI is InChI=1S/C30H31N3O6.2Na/c1-3-5-10-23-31-22-15-16-32-26(27(34)24(28(32)35)30(38)39-4-2)25(22)33(23)17-18-11-13-19(14-12-18)20-8-6-7-9-21(20)29(36)37;;/h6-9,11-14,26,34H,3-5,10,15-17H2,1-2H3,(H,36,37);;/q;2*+1. The van der Waals surface area contributed by atoms with Crippen molar-refractivity contribution in [2.24, 2.45) is 0 Å². The van der Waals surface area contributed by atoms with Crippen molar-refractivity contribution in [3.8, 4) is 11.1 Å². The van der Waals surface area contributed by atoms with E-state index in [1.54, 1.807) is 25.1 Å². The van der Waals surface area contributed by atoms with Crippen LogP contribution in [0.3, 0.4) is 0 Å². The molecule has 9 nitrogen and oxygen atoms in total. The molecule has 11 heteroatoms. The predicted molar refractivity (Wildman–Crippen MR) is 143 cm³/mol. The van der Waals surface area contributed by atoms with Crippen molar-refractivity contribution < 1.29 is 88.4 Å². The Morgan fingerprint density at radius 3 is 2.44 bits per heavy atom. The average molecular weight is 576 g/mol. The Morgan fingerprint density at radius 1 is 1.07 bits per heavy atom. The molecule has 1 aromatic heterocycles. The van der Waals surface area contributed by atoms with Gasteiger partial charge in [0, 0.05) is 25.9 Å². The number of aromatic carboxylic acids is 1. The van der Waals surface area contributed by atoms with E-state index in [1.807, 2.05) is 30.3 Å². The van der Waals surface area contributed by atoms with Crippen LogP contribution in [0, 0.1) is 0 Å². The van der Waals surface area contributed by atoms with Crippen LogP contribution in [0.4, 0.5) is 0 Å². The van der Waals surface area contributed by atoms with Crippen molar-refractivity contribution in [3.63, 3.8) is 0 Å². The summed E-state index contributed by atoms with van der Waals surface area (Å²) >= 11 is 0. The van der Waals surface area contributed by atoms with Crippen LogP contribution in [-0.2, 0) is 33.7 Å². The molecule has 0 aliphatic carbocycles. The van der Waals surface area contributed by atoms with Gasteiger partial charge in [0.2, 0.25) is 0 Å². The maximum atomic E-state index is 13.1. The molecule has 2 aliphatic rings. The molecule has 0 bridgehead atoms. The Morgan fingerprint density at radius 2 is 1.78 bits per heavy atom. The van der Waals surface area contributed by atoms with E-state index in [0.717, 1.165) is 47.6 Å². The van der Waals surface area contributed by atoms with Crippen molar-refractivity contribution in [2.75, 3.05) is 13.2 Å². The number of aliphatic hydroxyl groups is 1. The Labute approximate surface area is 283 Å². The normalized spacial score (nSPS) is 15.5. The Bertz CT molecular complexity index is 1480. The van der Waals surface area contributed by atoms with E-state index in [2.05, 4.69) is 11.5 Å². The molecule has 0 saturated heterocycles. The summed E-state index contributed by atoms with van der Waals surface area (Å²) < 4.78 is 7.11. The summed E-state index contributed by atoms with van der Waals surface area (Å²) in [6, 6.07) is 13.8. The number of unbranched alkanes of at least 4 members (excludes halogenated alkanes) is 1. The van der Waals surface area contributed by atoms with Gasteiger partial charge in [0.15, 0.2) is 5.57 Å². The van der Waals surface area contributed by atoms with E-state index in [1.165, 1.54) is 4.90 Å². The van der Waals surface area contributed by atoms with Crippen LogP contribution in [0.25, 0.3) is 11.1 Å². The molecular formula is C30H31N3Na2O6+2. The van der Waals surface area contributed by atoms with Crippen LogP contribution < -0.4 is 59.1 Å². The Balaban J connectivity index is 0.00000231. The third-order valence-corrected chi connectivity index (χ3v) is 7.31. The van der Waals surface area contributed by atoms with Gasteiger partial charge in [0.1, 0.15) is 17.6 Å². The molecule has 2 aromatic carbocycles. The van der Waals surface area contributed by atoms with E-state index < -0.39 is 23.9 Å². The van der Waals surface area contributed by atoms with Crippen LogP contribution in [0.1, 0.15) is 65.9 Å². The van der Waals surface area contributed by atoms with Gasteiger partial charge in [0.25, 0.3) is 5.91 Å². The summed E-state index contributed by atoms with van der Waals surface area (Å²) in [5.41, 5.74) is 3.86. The zero-order valence-electron chi connectivity index (χ0n) is 24.0. The summed E-state index contributed by atoms with van der Waals surface area (Å²) in [4.78, 5) is 43.7. The van der Waals surface area contributed by atoms with Gasteiger partial charge in [-0.2, -0.15) is 0 Å². The summed E-state index contributed by atoms with van der Waals surface area (Å²) in [6.45, 7) is 4.67. The number of aliphatic hydroxyl groups excluding tert-OH is 1. The van der Waals surface area contributed by atoms with E-state index in [0.29, 0.717) is 25.1 Å². The Hall–Kier alpha value is -2.40. The molecular weight excluding hydrogens is 544 g/mol. The molecule has 1 amide bonds. The number of carboxylic acids is 1. The molecule has 202 valence electrons. The van der Waals surface area contributed by atoms with Gasteiger partial charge in [-0.1, -0.05) is 55.8 Å². The number of hydrogen-bond acceptors (Lipinski definition) is 6. The molecule has 5 rings (SSSR count).